The van der Waals surface area contributed by atoms with Gasteiger partial charge >= 0.3 is 0 Å². The first-order chi connectivity index (χ1) is 9.65. The van der Waals surface area contributed by atoms with Crippen molar-refractivity contribution in [2.24, 2.45) is 0 Å². The average Bonchev–Trinajstić information content (AvgIpc) is 2.48. The molecule has 0 atom stereocenters. The molecule has 1 aromatic carbocycles. The topological polar surface area (TPSA) is 24.1 Å². The van der Waals surface area contributed by atoms with Gasteiger partial charge in [0.15, 0.2) is 24.3 Å². The van der Waals surface area contributed by atoms with Crippen LogP contribution in [-0.2, 0) is 6.42 Å². The Morgan fingerprint density at radius 2 is 1.75 bits per heavy atom. The van der Waals surface area contributed by atoms with Crippen LogP contribution in [0.4, 0.5) is 0 Å². The van der Waals surface area contributed by atoms with E-state index in [4.69, 9.17) is 22.5 Å². The molecule has 2 rings (SSSR count). The molecule has 1 N–H and O–H groups in total. The van der Waals surface area contributed by atoms with Crippen molar-refractivity contribution in [1.82, 2.24) is 0 Å². The Labute approximate surface area is 129 Å². The van der Waals surface area contributed by atoms with Gasteiger partial charge in [0.05, 0.1) is 0 Å². The molecule has 0 bridgehead atoms. The van der Waals surface area contributed by atoms with Crippen LogP contribution in [0, 0.1) is 0 Å². The third-order valence-electron chi connectivity index (χ3n) is 2.95. The Bertz CT molecular complexity index is 614. The molecule has 1 heterocycles. The molecule has 20 heavy (non-hydrogen) atoms. The van der Waals surface area contributed by atoms with Crippen molar-refractivity contribution in [2.45, 2.75) is 13.3 Å². The highest BCUT2D eigenvalue weighted by molar-refractivity contribution is 8.10. The smallest absolute Gasteiger partial charge is 0.281 e. The average molecular weight is 327 g/mol. The number of halogens is 2. The first kappa shape index (κ1) is 15.3. The SMILES string of the molecule is CCc1cccc[n+]1/C(=C(\O)c1ccccc1)P(Cl)Cl. The Morgan fingerprint density at radius 3 is 2.35 bits per heavy atom. The van der Waals surface area contributed by atoms with E-state index in [1.807, 2.05) is 66.2 Å². The fraction of sp³-hybridized carbons (Fsp3) is 0.133. The monoisotopic (exact) mass is 326 g/mol. The maximum Gasteiger partial charge on any atom is 0.281 e. The minimum atomic E-state index is -1.49. The number of aliphatic hydroxyl groups is 1. The van der Waals surface area contributed by atoms with Crippen LogP contribution in [0.3, 0.4) is 0 Å². The summed E-state index contributed by atoms with van der Waals surface area (Å²) in [5.74, 6) is 0.118. The Kier molecular flexibility index (Phi) is 5.42. The van der Waals surface area contributed by atoms with Crippen molar-refractivity contribution in [3.05, 3.63) is 66.0 Å². The molecule has 0 aliphatic rings. The van der Waals surface area contributed by atoms with Crippen LogP contribution in [0.25, 0.3) is 11.2 Å². The summed E-state index contributed by atoms with van der Waals surface area (Å²) in [6, 6.07) is 15.1. The van der Waals surface area contributed by atoms with E-state index in [9.17, 15) is 5.11 Å². The lowest BCUT2D eigenvalue weighted by molar-refractivity contribution is -0.582. The number of rotatable bonds is 4. The standard InChI is InChI=1S/C15H14Cl2NOP/c1-2-13-10-6-7-11-18(13)15(20(16)17)14(19)12-8-4-3-5-9-12/h3-11H,2H2,1H3/p+1/b15-14+. The highest BCUT2D eigenvalue weighted by Crippen LogP contribution is 2.56. The number of nitrogens with zero attached hydrogens (tertiary/aromatic N) is 1. The van der Waals surface area contributed by atoms with E-state index in [-0.39, 0.29) is 5.76 Å². The van der Waals surface area contributed by atoms with Crippen molar-refractivity contribution in [3.63, 3.8) is 0 Å². The number of hydrogen-bond acceptors (Lipinski definition) is 1. The fourth-order valence-corrected chi connectivity index (χ4v) is 3.59. The molecule has 0 spiro atoms. The summed E-state index contributed by atoms with van der Waals surface area (Å²) in [7, 11) is 0. The van der Waals surface area contributed by atoms with Crippen molar-refractivity contribution < 1.29 is 9.67 Å². The molecule has 0 unspecified atom stereocenters. The van der Waals surface area contributed by atoms with Crippen LogP contribution < -0.4 is 4.57 Å². The molecule has 2 aromatic rings. The summed E-state index contributed by atoms with van der Waals surface area (Å²) in [6.45, 7) is 0.561. The first-order valence-corrected chi connectivity index (χ1v) is 9.40. The molecule has 0 saturated carbocycles. The molecule has 0 saturated heterocycles. The van der Waals surface area contributed by atoms with Crippen LogP contribution in [0.15, 0.2) is 54.7 Å². The molecule has 0 radical (unpaired) electrons. The minimum Gasteiger partial charge on any atom is -0.502 e. The predicted octanol–water partition coefficient (Wildman–Crippen LogP) is 5.17. The fourth-order valence-electron chi connectivity index (χ4n) is 1.97. The number of pyridine rings is 1. The predicted molar refractivity (Wildman–Crippen MR) is 86.8 cm³/mol. The van der Waals surface area contributed by atoms with Crippen molar-refractivity contribution in [1.29, 1.82) is 0 Å². The summed E-state index contributed by atoms with van der Waals surface area (Å²) in [5, 5.41) is 10.5. The number of benzene rings is 1. The van der Waals surface area contributed by atoms with E-state index in [2.05, 4.69) is 0 Å². The van der Waals surface area contributed by atoms with E-state index < -0.39 is 6.63 Å². The van der Waals surface area contributed by atoms with Gasteiger partial charge in [0, 0.05) is 24.1 Å². The summed E-state index contributed by atoms with van der Waals surface area (Å²) < 4.78 is 1.87. The molecule has 0 aliphatic carbocycles. The highest BCUT2D eigenvalue weighted by atomic mass is 35.9. The summed E-state index contributed by atoms with van der Waals surface area (Å²) in [5.41, 5.74) is 2.28. The van der Waals surface area contributed by atoms with E-state index >= 15 is 0 Å². The number of hydrogen-bond donors (Lipinski definition) is 1. The maximum atomic E-state index is 10.5. The van der Waals surface area contributed by atoms with Crippen molar-refractivity contribution >= 4 is 40.3 Å². The van der Waals surface area contributed by atoms with Crippen LogP contribution in [-0.4, -0.2) is 5.11 Å². The van der Waals surface area contributed by atoms with E-state index in [1.165, 1.54) is 0 Å². The Morgan fingerprint density at radius 1 is 1.10 bits per heavy atom. The van der Waals surface area contributed by atoms with Crippen LogP contribution in [0.2, 0.25) is 0 Å². The molecule has 0 fully saturated rings. The van der Waals surface area contributed by atoms with Gasteiger partial charge in [-0.15, -0.1) is 0 Å². The zero-order valence-electron chi connectivity index (χ0n) is 11.0. The lowest BCUT2D eigenvalue weighted by Gasteiger charge is -2.08. The summed E-state index contributed by atoms with van der Waals surface area (Å²) in [4.78, 5) is 0. The lowest BCUT2D eigenvalue weighted by atomic mass is 10.2. The lowest BCUT2D eigenvalue weighted by Crippen LogP contribution is -2.35. The van der Waals surface area contributed by atoms with Gasteiger partial charge < -0.3 is 5.11 Å². The summed E-state index contributed by atoms with van der Waals surface area (Å²) in [6.07, 6.45) is 2.69. The second-order valence-corrected chi connectivity index (χ2v) is 7.62. The van der Waals surface area contributed by atoms with Gasteiger partial charge in [0.1, 0.15) is 0 Å². The quantitative estimate of drug-likeness (QED) is 0.468. The second-order valence-electron chi connectivity index (χ2n) is 4.19. The van der Waals surface area contributed by atoms with Gasteiger partial charge in [-0.1, -0.05) is 65.8 Å². The van der Waals surface area contributed by atoms with Gasteiger partial charge in [-0.2, -0.15) is 4.57 Å². The Balaban J connectivity index is 2.63. The summed E-state index contributed by atoms with van der Waals surface area (Å²) >= 11 is 12.3. The van der Waals surface area contributed by atoms with Crippen LogP contribution in [0.1, 0.15) is 18.2 Å². The molecule has 0 amide bonds. The minimum absolute atomic E-state index is 0.118. The molecule has 5 heteroatoms. The molecule has 104 valence electrons. The number of aryl methyl sites for hydroxylation is 1. The zero-order chi connectivity index (χ0) is 14.5. The second kappa shape index (κ2) is 7.08. The number of aromatic nitrogens is 1. The van der Waals surface area contributed by atoms with Crippen LogP contribution >= 0.6 is 29.1 Å². The van der Waals surface area contributed by atoms with Gasteiger partial charge in [-0.05, 0) is 0 Å². The number of aliphatic hydroxyl groups excluding tert-OH is 1. The maximum absolute atomic E-state index is 10.5. The molecular formula is C15H15Cl2NOP+. The van der Waals surface area contributed by atoms with Gasteiger partial charge in [-0.25, -0.2) is 0 Å². The van der Waals surface area contributed by atoms with Gasteiger partial charge in [0.2, 0.25) is 0 Å². The van der Waals surface area contributed by atoms with Gasteiger partial charge in [-0.3, -0.25) is 0 Å². The van der Waals surface area contributed by atoms with Crippen LogP contribution in [0.5, 0.6) is 0 Å². The molecule has 0 aliphatic heterocycles. The molecular weight excluding hydrogens is 312 g/mol. The third kappa shape index (κ3) is 3.32. The molecule has 2 nitrogen and oxygen atoms in total. The Hall–Kier alpha value is -1.08. The van der Waals surface area contributed by atoms with E-state index in [1.54, 1.807) is 0 Å². The van der Waals surface area contributed by atoms with Crippen molar-refractivity contribution in [2.75, 3.05) is 0 Å². The van der Waals surface area contributed by atoms with Crippen molar-refractivity contribution in [3.8, 4) is 0 Å². The first-order valence-electron chi connectivity index (χ1n) is 6.25. The third-order valence-corrected chi connectivity index (χ3v) is 4.66. The normalized spacial score (nSPS) is 12.4. The van der Waals surface area contributed by atoms with Gasteiger partial charge in [0.25, 0.3) is 5.44 Å². The largest absolute Gasteiger partial charge is 0.502 e. The highest BCUT2D eigenvalue weighted by Gasteiger charge is 2.28. The van der Waals surface area contributed by atoms with E-state index in [0.29, 0.717) is 11.0 Å². The zero-order valence-corrected chi connectivity index (χ0v) is 13.4. The molecule has 1 aromatic heterocycles. The van der Waals surface area contributed by atoms with E-state index in [0.717, 1.165) is 12.1 Å².